The van der Waals surface area contributed by atoms with Gasteiger partial charge < -0.3 is 50.1 Å². The zero-order valence-corrected chi connectivity index (χ0v) is 33.8. The lowest BCUT2D eigenvalue weighted by Crippen LogP contribution is -2.44. The number of ether oxygens (including phenoxy) is 6. The van der Waals surface area contributed by atoms with Gasteiger partial charge in [-0.15, -0.1) is 26.3 Å². The number of ketones is 2. The fraction of sp³-hybridized carbons (Fsp3) is 0.156. The van der Waals surface area contributed by atoms with Crippen LogP contribution in [0.1, 0.15) is 49.7 Å². The molecule has 1 atom stereocenters. The van der Waals surface area contributed by atoms with E-state index in [4.69, 9.17) is 30.4 Å². The number of halogens is 6. The molecule has 0 aliphatic carbocycles. The van der Waals surface area contributed by atoms with Gasteiger partial charge in [-0.3, -0.25) is 9.59 Å². The number of alkyl halides is 6. The second-order valence-corrected chi connectivity index (χ2v) is 13.7. The van der Waals surface area contributed by atoms with Gasteiger partial charge >= 0.3 is 24.7 Å². The van der Waals surface area contributed by atoms with Crippen molar-refractivity contribution in [3.63, 3.8) is 0 Å². The highest BCUT2D eigenvalue weighted by Crippen LogP contribution is 2.36. The second-order valence-electron chi connectivity index (χ2n) is 13.7. The van der Waals surface area contributed by atoms with Crippen molar-refractivity contribution in [1.29, 1.82) is 0 Å². The van der Waals surface area contributed by atoms with E-state index in [-0.39, 0.29) is 51.1 Å². The number of nitrogen functional groups attached to an aromatic ring is 2. The molecule has 0 saturated heterocycles. The number of rotatable bonds is 17. The van der Waals surface area contributed by atoms with Crippen LogP contribution >= 0.6 is 0 Å². The average Bonchev–Trinajstić information content (AvgIpc) is 3.23. The highest BCUT2D eigenvalue weighted by molar-refractivity contribution is 6.01. The Morgan fingerprint density at radius 2 is 1.00 bits per heavy atom. The Morgan fingerprint density at radius 1 is 0.585 bits per heavy atom. The number of methoxy groups -OCH3 is 2. The minimum Gasteiger partial charge on any atom is -0.493 e. The van der Waals surface area contributed by atoms with Gasteiger partial charge in [-0.25, -0.2) is 9.59 Å². The summed E-state index contributed by atoms with van der Waals surface area (Å²) in [6.45, 7) is 0. The average molecular weight is 911 g/mol. The summed E-state index contributed by atoms with van der Waals surface area (Å²) in [4.78, 5) is 52.1. The highest BCUT2D eigenvalue weighted by atomic mass is 19.4. The fourth-order valence-corrected chi connectivity index (χ4v) is 5.95. The summed E-state index contributed by atoms with van der Waals surface area (Å²) in [6.07, 6.45) is -6.09. The van der Waals surface area contributed by atoms with Gasteiger partial charge in [0.1, 0.15) is 11.5 Å². The van der Waals surface area contributed by atoms with E-state index in [0.717, 1.165) is 62.8 Å². The van der Waals surface area contributed by atoms with E-state index in [1.807, 2.05) is 0 Å². The van der Waals surface area contributed by atoms with Gasteiger partial charge in [-0.05, 0) is 108 Å². The third kappa shape index (κ3) is 13.6. The molecule has 0 fully saturated rings. The third-order valence-corrected chi connectivity index (χ3v) is 8.98. The van der Waals surface area contributed by atoms with Gasteiger partial charge in [0.05, 0.1) is 31.3 Å². The monoisotopic (exact) mass is 910 g/mol. The molecule has 0 heterocycles. The number of anilines is 2. The minimum atomic E-state index is -5.00. The smallest absolute Gasteiger partial charge is 0.493 e. The molecule has 0 bridgehead atoms. The molecule has 5 rings (SSSR count). The zero-order chi connectivity index (χ0) is 47.7. The van der Waals surface area contributed by atoms with Crippen molar-refractivity contribution in [2.45, 2.75) is 30.9 Å². The molecule has 0 aromatic heterocycles. The summed E-state index contributed by atoms with van der Waals surface area (Å²) >= 11 is 0. The van der Waals surface area contributed by atoms with Gasteiger partial charge in [0.25, 0.3) is 0 Å². The van der Waals surface area contributed by atoms with Crippen molar-refractivity contribution in [3.05, 3.63) is 143 Å². The van der Waals surface area contributed by atoms with E-state index < -0.39 is 65.9 Å². The van der Waals surface area contributed by atoms with Gasteiger partial charge in [0.15, 0.2) is 28.8 Å². The lowest BCUT2D eigenvalue weighted by Gasteiger charge is -2.29. The number of hydrogen-bond donors (Lipinski definition) is 4. The van der Waals surface area contributed by atoms with E-state index in [1.54, 1.807) is 0 Å². The number of carbonyl (C=O) groups excluding carboxylic acids is 4. The molecular formula is C45H36F6N2O12. The topological polar surface area (TPSA) is 216 Å². The van der Waals surface area contributed by atoms with Crippen LogP contribution in [0.15, 0.2) is 115 Å². The molecule has 1 unspecified atom stereocenters. The molecule has 65 heavy (non-hydrogen) atoms. The molecule has 0 spiro atoms. The van der Waals surface area contributed by atoms with Gasteiger partial charge in [-0.2, -0.15) is 0 Å². The van der Waals surface area contributed by atoms with E-state index in [1.165, 1.54) is 78.9 Å². The van der Waals surface area contributed by atoms with Gasteiger partial charge in [-0.1, -0.05) is 36.4 Å². The van der Waals surface area contributed by atoms with Crippen molar-refractivity contribution in [3.8, 4) is 34.5 Å². The Labute approximate surface area is 364 Å². The Morgan fingerprint density at radius 3 is 1.40 bits per heavy atom. The third-order valence-electron chi connectivity index (χ3n) is 8.98. The summed E-state index contributed by atoms with van der Waals surface area (Å²) in [5.41, 5.74) is 12.6. The van der Waals surface area contributed by atoms with Crippen molar-refractivity contribution in [1.82, 2.24) is 0 Å². The summed E-state index contributed by atoms with van der Waals surface area (Å²) in [5.74, 6) is -10.6. The molecule has 6 N–H and O–H groups in total. The van der Waals surface area contributed by atoms with Gasteiger partial charge in [0.2, 0.25) is 11.6 Å². The summed E-state index contributed by atoms with van der Waals surface area (Å²) in [5, 5.41) is 22.6. The number of nitrogens with two attached hydrogens (primary N) is 2. The zero-order valence-electron chi connectivity index (χ0n) is 33.8. The van der Waals surface area contributed by atoms with Gasteiger partial charge in [0, 0.05) is 17.8 Å². The van der Waals surface area contributed by atoms with Crippen LogP contribution in [0.3, 0.4) is 0 Å². The van der Waals surface area contributed by atoms with Crippen LogP contribution in [0.25, 0.3) is 12.2 Å². The van der Waals surface area contributed by atoms with E-state index in [9.17, 15) is 55.7 Å². The normalized spacial score (nSPS) is 12.4. The molecule has 0 aliphatic heterocycles. The van der Waals surface area contributed by atoms with Crippen molar-refractivity contribution >= 4 is 47.0 Å². The molecule has 340 valence electrons. The molecular weight excluding hydrogens is 874 g/mol. The molecule has 0 radical (unpaired) electrons. The Hall–Kier alpha value is -7.84. The minimum absolute atomic E-state index is 0.00373. The maximum atomic E-state index is 13.4. The number of hydrogen-bond acceptors (Lipinski definition) is 14. The lowest BCUT2D eigenvalue weighted by molar-refractivity contribution is -0.276. The highest BCUT2D eigenvalue weighted by Gasteiger charge is 2.43. The summed E-state index contributed by atoms with van der Waals surface area (Å²) in [6, 6.07) is 21.0. The standard InChI is InChI=1S/C45H36F6N2O12/c1-60-38-21-27(9-16-36(38)64-44(46,47)48)41(56)62-33-12-4-25(5-13-33)3-11-32(54)24-35(29-19-30(52)23-31(53)20-29)43(58,59)40(55)18-8-26-6-14-34(15-7-26)63-42(57)28-10-17-37(39(22-28)61-2)65-45(49,50)51/h3-23,35,58-59H,24,52-53H2,1-2H3. The maximum Gasteiger partial charge on any atom is 0.573 e. The predicted octanol–water partition coefficient (Wildman–Crippen LogP) is 7.82. The van der Waals surface area contributed by atoms with Crippen LogP contribution in [0.2, 0.25) is 0 Å². The van der Waals surface area contributed by atoms with Crippen LogP contribution in [-0.4, -0.2) is 66.4 Å². The number of carbonyl (C=O) groups is 4. The second kappa shape index (κ2) is 20.1. The first-order valence-corrected chi connectivity index (χ1v) is 18.6. The molecule has 20 heteroatoms. The van der Waals surface area contributed by atoms with Crippen LogP contribution in [0, 0.1) is 0 Å². The molecule has 0 amide bonds. The van der Waals surface area contributed by atoms with Crippen LogP contribution in [0.5, 0.6) is 34.5 Å². The van der Waals surface area contributed by atoms with E-state index in [2.05, 4.69) is 9.47 Å². The summed E-state index contributed by atoms with van der Waals surface area (Å²) < 4.78 is 104. The predicted molar refractivity (Wildman–Crippen MR) is 220 cm³/mol. The first-order chi connectivity index (χ1) is 30.5. The van der Waals surface area contributed by atoms with E-state index in [0.29, 0.717) is 11.1 Å². The molecule has 0 saturated carbocycles. The van der Waals surface area contributed by atoms with Crippen LogP contribution < -0.4 is 39.9 Å². The first kappa shape index (κ1) is 48.2. The number of allylic oxidation sites excluding steroid dienone is 1. The lowest BCUT2D eigenvalue weighted by atomic mass is 9.83. The van der Waals surface area contributed by atoms with Crippen LogP contribution in [-0.2, 0) is 9.59 Å². The summed E-state index contributed by atoms with van der Waals surface area (Å²) in [7, 11) is 2.18. The SMILES string of the molecule is COc1cc(C(=O)Oc2ccc(C=CC(=O)CC(c3cc(N)cc(N)c3)C(O)(O)C(=O)C=Cc3ccc(OC(=O)c4ccc(OC(F)(F)F)c(OC)c4)cc3)cc2)ccc1OC(F)(F)F. The number of aliphatic hydroxyl groups is 2. The Kier molecular flexibility index (Phi) is 14.9. The molecule has 5 aromatic rings. The molecule has 0 aliphatic rings. The van der Waals surface area contributed by atoms with Crippen molar-refractivity contribution in [2.75, 3.05) is 25.7 Å². The van der Waals surface area contributed by atoms with Crippen molar-refractivity contribution in [2.24, 2.45) is 0 Å². The molecule has 5 aromatic carbocycles. The molecule has 14 nitrogen and oxygen atoms in total. The first-order valence-electron chi connectivity index (χ1n) is 18.6. The number of esters is 2. The maximum absolute atomic E-state index is 13.4. The Bertz CT molecular complexity index is 2590. The number of benzene rings is 5. The Balaban J connectivity index is 1.24. The van der Waals surface area contributed by atoms with E-state index >= 15 is 0 Å². The van der Waals surface area contributed by atoms with Crippen LogP contribution in [0.4, 0.5) is 37.7 Å². The fourth-order valence-electron chi connectivity index (χ4n) is 5.95. The van der Waals surface area contributed by atoms with Crippen molar-refractivity contribution < 1.29 is 84.2 Å². The quantitative estimate of drug-likeness (QED) is 0.0175. The largest absolute Gasteiger partial charge is 0.573 e.